The Kier molecular flexibility index (Phi) is 3.20. The van der Waals surface area contributed by atoms with Gasteiger partial charge < -0.3 is 9.94 Å². The van der Waals surface area contributed by atoms with Crippen LogP contribution < -0.4 is 0 Å². The minimum Gasteiger partial charge on any atom is -0.357 e. The van der Waals surface area contributed by atoms with E-state index in [1.807, 2.05) is 42.5 Å². The summed E-state index contributed by atoms with van der Waals surface area (Å²) >= 11 is 0. The van der Waals surface area contributed by atoms with Crippen LogP contribution in [0.2, 0.25) is 0 Å². The fourth-order valence-corrected chi connectivity index (χ4v) is 2.06. The van der Waals surface area contributed by atoms with Gasteiger partial charge in [-0.25, -0.2) is 4.39 Å². The highest BCUT2D eigenvalue weighted by Crippen LogP contribution is 2.26. The Morgan fingerprint density at radius 1 is 1.15 bits per heavy atom. The number of halogens is 1. The van der Waals surface area contributed by atoms with E-state index in [-0.39, 0.29) is 6.42 Å². The van der Waals surface area contributed by atoms with Gasteiger partial charge in [-0.05, 0) is 17.7 Å². The number of nitrogens with zero attached hydrogens (tertiary/aromatic N) is 2. The third kappa shape index (κ3) is 2.40. The number of benzene rings is 1. The molecule has 2 heterocycles. The first-order valence-electron chi connectivity index (χ1n) is 6.25. The summed E-state index contributed by atoms with van der Waals surface area (Å²) in [5.41, 5.74) is 3.20. The molecular formula is C15H13FN2O2. The molecule has 102 valence electrons. The van der Waals surface area contributed by atoms with Crippen LogP contribution in [0.3, 0.4) is 0 Å². The van der Waals surface area contributed by atoms with Gasteiger partial charge in [0.15, 0.2) is 6.67 Å². The van der Waals surface area contributed by atoms with E-state index in [1.54, 1.807) is 6.20 Å². The largest absolute Gasteiger partial charge is 0.357 e. The summed E-state index contributed by atoms with van der Waals surface area (Å²) in [4.78, 5) is 9.00. The molecule has 5 heteroatoms. The van der Waals surface area contributed by atoms with Gasteiger partial charge in [0, 0.05) is 11.8 Å². The molecule has 4 nitrogen and oxygen atoms in total. The Balaban J connectivity index is 1.81. The van der Waals surface area contributed by atoms with Crippen LogP contribution in [0.1, 0.15) is 12.0 Å². The number of oxime groups is 1. The van der Waals surface area contributed by atoms with Gasteiger partial charge in [-0.3, -0.25) is 4.98 Å². The van der Waals surface area contributed by atoms with E-state index in [4.69, 9.17) is 4.84 Å². The predicted octanol–water partition coefficient (Wildman–Crippen LogP) is 2.53. The molecule has 1 atom stereocenters. The molecule has 1 aliphatic rings. The van der Waals surface area contributed by atoms with Gasteiger partial charge >= 0.3 is 0 Å². The number of aromatic nitrogens is 1. The highest BCUT2D eigenvalue weighted by Gasteiger charge is 2.37. The first kappa shape index (κ1) is 12.7. The van der Waals surface area contributed by atoms with Crippen LogP contribution in [0.4, 0.5) is 4.39 Å². The van der Waals surface area contributed by atoms with E-state index in [9.17, 15) is 9.50 Å². The standard InChI is InChI=1S/C15H13FN2O2/c16-10-15(19)9-14(18-20-15)12-6-4-11(5-7-12)13-3-1-2-8-17-13/h1-8,19H,9-10H2. The molecule has 0 radical (unpaired) electrons. The molecule has 1 unspecified atom stereocenters. The van der Waals surface area contributed by atoms with Crippen molar-refractivity contribution in [1.82, 2.24) is 4.98 Å². The topological polar surface area (TPSA) is 54.7 Å². The maximum atomic E-state index is 12.6. The lowest BCUT2D eigenvalue weighted by molar-refractivity contribution is -0.193. The van der Waals surface area contributed by atoms with Crippen molar-refractivity contribution in [2.45, 2.75) is 12.2 Å². The minimum absolute atomic E-state index is 0.0480. The summed E-state index contributed by atoms with van der Waals surface area (Å²) < 4.78 is 12.6. The quantitative estimate of drug-likeness (QED) is 0.934. The van der Waals surface area contributed by atoms with Gasteiger partial charge in [0.1, 0.15) is 0 Å². The Bertz CT molecular complexity index is 628. The van der Waals surface area contributed by atoms with Crippen LogP contribution in [-0.2, 0) is 4.84 Å². The fraction of sp³-hybridized carbons (Fsp3) is 0.200. The van der Waals surface area contributed by atoms with Crippen molar-refractivity contribution >= 4 is 5.71 Å². The van der Waals surface area contributed by atoms with Gasteiger partial charge in [0.05, 0.1) is 17.8 Å². The van der Waals surface area contributed by atoms with Crippen molar-refractivity contribution in [2.24, 2.45) is 5.16 Å². The lowest BCUT2D eigenvalue weighted by Crippen LogP contribution is -2.31. The lowest BCUT2D eigenvalue weighted by atomic mass is 10.0. The molecular weight excluding hydrogens is 259 g/mol. The number of hydrogen-bond acceptors (Lipinski definition) is 4. The maximum Gasteiger partial charge on any atom is 0.268 e. The smallest absolute Gasteiger partial charge is 0.268 e. The molecule has 1 aromatic carbocycles. The highest BCUT2D eigenvalue weighted by atomic mass is 19.1. The highest BCUT2D eigenvalue weighted by molar-refractivity contribution is 6.01. The molecule has 0 saturated heterocycles. The minimum atomic E-state index is -1.81. The van der Waals surface area contributed by atoms with Crippen molar-refractivity contribution in [3.05, 3.63) is 54.2 Å². The molecule has 0 saturated carbocycles. The van der Waals surface area contributed by atoms with E-state index < -0.39 is 12.5 Å². The number of pyridine rings is 1. The summed E-state index contributed by atoms with van der Waals surface area (Å²) in [6.07, 6.45) is 1.78. The van der Waals surface area contributed by atoms with E-state index in [0.717, 1.165) is 16.8 Å². The second-order valence-electron chi connectivity index (χ2n) is 4.68. The van der Waals surface area contributed by atoms with Crippen LogP contribution in [0, 0.1) is 0 Å². The molecule has 2 aromatic rings. The van der Waals surface area contributed by atoms with Crippen molar-refractivity contribution in [3.8, 4) is 11.3 Å². The summed E-state index contributed by atoms with van der Waals surface area (Å²) in [5, 5.41) is 13.4. The first-order valence-corrected chi connectivity index (χ1v) is 6.25. The fourth-order valence-electron chi connectivity index (χ4n) is 2.06. The van der Waals surface area contributed by atoms with Gasteiger partial charge in [-0.1, -0.05) is 35.5 Å². The van der Waals surface area contributed by atoms with Crippen molar-refractivity contribution < 1.29 is 14.3 Å². The van der Waals surface area contributed by atoms with Crippen LogP contribution in [0.15, 0.2) is 53.8 Å². The zero-order valence-electron chi connectivity index (χ0n) is 10.7. The Labute approximate surface area is 115 Å². The monoisotopic (exact) mass is 272 g/mol. The van der Waals surface area contributed by atoms with Crippen molar-refractivity contribution in [1.29, 1.82) is 0 Å². The van der Waals surface area contributed by atoms with Crippen LogP contribution in [-0.4, -0.2) is 28.3 Å². The molecule has 0 amide bonds. The molecule has 0 fully saturated rings. The summed E-state index contributed by atoms with van der Waals surface area (Å²) in [6.45, 7) is -0.980. The third-order valence-corrected chi connectivity index (χ3v) is 3.16. The maximum absolute atomic E-state index is 12.6. The van der Waals surface area contributed by atoms with Crippen molar-refractivity contribution in [3.63, 3.8) is 0 Å². The molecule has 1 aromatic heterocycles. The Hall–Kier alpha value is -2.27. The van der Waals surface area contributed by atoms with Crippen LogP contribution in [0.25, 0.3) is 11.3 Å². The van der Waals surface area contributed by atoms with E-state index in [1.165, 1.54) is 0 Å². The summed E-state index contributed by atoms with van der Waals surface area (Å²) in [6, 6.07) is 13.2. The molecule has 20 heavy (non-hydrogen) atoms. The van der Waals surface area contributed by atoms with Crippen LogP contribution in [0.5, 0.6) is 0 Å². The first-order chi connectivity index (χ1) is 9.70. The second-order valence-corrected chi connectivity index (χ2v) is 4.68. The average molecular weight is 272 g/mol. The number of alkyl halides is 1. The summed E-state index contributed by atoms with van der Waals surface area (Å²) in [5.74, 6) is -1.81. The zero-order chi connectivity index (χ0) is 14.0. The van der Waals surface area contributed by atoms with E-state index in [0.29, 0.717) is 5.71 Å². The van der Waals surface area contributed by atoms with Gasteiger partial charge in [-0.2, -0.15) is 0 Å². The SMILES string of the molecule is OC1(CF)CC(c2ccc(-c3ccccn3)cc2)=NO1. The van der Waals surface area contributed by atoms with Crippen molar-refractivity contribution in [2.75, 3.05) is 6.67 Å². The third-order valence-electron chi connectivity index (χ3n) is 3.16. The van der Waals surface area contributed by atoms with E-state index >= 15 is 0 Å². The molecule has 0 bridgehead atoms. The zero-order valence-corrected chi connectivity index (χ0v) is 10.7. The molecule has 0 aliphatic carbocycles. The van der Waals surface area contributed by atoms with Gasteiger partial charge in [0.25, 0.3) is 5.79 Å². The molecule has 1 N–H and O–H groups in total. The molecule has 0 spiro atoms. The van der Waals surface area contributed by atoms with Crippen LogP contribution >= 0.6 is 0 Å². The molecule has 3 rings (SSSR count). The molecule has 1 aliphatic heterocycles. The normalized spacial score (nSPS) is 21.4. The summed E-state index contributed by atoms with van der Waals surface area (Å²) in [7, 11) is 0. The Morgan fingerprint density at radius 2 is 1.90 bits per heavy atom. The number of aliphatic hydroxyl groups is 1. The van der Waals surface area contributed by atoms with Gasteiger partial charge in [0.2, 0.25) is 0 Å². The predicted molar refractivity (Wildman–Crippen MR) is 72.8 cm³/mol. The van der Waals surface area contributed by atoms with E-state index in [2.05, 4.69) is 10.1 Å². The Morgan fingerprint density at radius 3 is 2.50 bits per heavy atom. The lowest BCUT2D eigenvalue weighted by Gasteiger charge is -2.14. The average Bonchev–Trinajstić information content (AvgIpc) is 2.92. The van der Waals surface area contributed by atoms with Gasteiger partial charge in [-0.15, -0.1) is 0 Å². The number of hydrogen-bond donors (Lipinski definition) is 1. The second kappa shape index (κ2) is 5.02. The number of rotatable bonds is 3.